The van der Waals surface area contributed by atoms with Gasteiger partial charge in [0.15, 0.2) is 0 Å². The number of halogens is 2. The molecule has 2 aromatic rings. The van der Waals surface area contributed by atoms with Crippen LogP contribution in [0.1, 0.15) is 11.1 Å². The summed E-state index contributed by atoms with van der Waals surface area (Å²) in [6.45, 7) is 0. The number of rotatable bonds is 4. The van der Waals surface area contributed by atoms with E-state index in [1.54, 1.807) is 24.1 Å². The molecular formula is C19H20Cl2N2O2. The highest BCUT2D eigenvalue weighted by atomic mass is 35.5. The lowest BCUT2D eigenvalue weighted by atomic mass is 9.96. The second-order valence-corrected chi connectivity index (χ2v) is 7.21. The van der Waals surface area contributed by atoms with E-state index < -0.39 is 12.3 Å². The maximum Gasteiger partial charge on any atom is 0.240 e. The lowest BCUT2D eigenvalue weighted by molar-refractivity contribution is -0.144. The van der Waals surface area contributed by atoms with Crippen molar-refractivity contribution >= 4 is 29.1 Å². The Balaban J connectivity index is 1.69. The van der Waals surface area contributed by atoms with Gasteiger partial charge in [0.2, 0.25) is 5.91 Å². The SMILES string of the molecule is CN1C(=O)[C@H](Cc2ccc(Cl)cc2)NC(O)[C@@H]1Cc1ccc(Cl)cc1. The van der Waals surface area contributed by atoms with E-state index in [1.807, 2.05) is 36.4 Å². The first-order valence-corrected chi connectivity index (χ1v) is 8.89. The average molecular weight is 379 g/mol. The Morgan fingerprint density at radius 2 is 1.44 bits per heavy atom. The minimum atomic E-state index is -0.796. The number of carbonyl (C=O) groups excluding carboxylic acids is 1. The minimum absolute atomic E-state index is 0.0285. The Labute approximate surface area is 157 Å². The number of benzene rings is 2. The number of likely N-dealkylation sites (N-methyl/N-ethyl adjacent to an activating group) is 1. The van der Waals surface area contributed by atoms with Crippen LogP contribution in [0.3, 0.4) is 0 Å². The molecule has 25 heavy (non-hydrogen) atoms. The van der Waals surface area contributed by atoms with Gasteiger partial charge in [-0.05, 0) is 48.2 Å². The van der Waals surface area contributed by atoms with Crippen LogP contribution < -0.4 is 5.32 Å². The Hall–Kier alpha value is -1.59. The number of piperazine rings is 1. The summed E-state index contributed by atoms with van der Waals surface area (Å²) in [4.78, 5) is 14.3. The van der Waals surface area contributed by atoms with Gasteiger partial charge in [-0.3, -0.25) is 10.1 Å². The largest absolute Gasteiger partial charge is 0.376 e. The summed E-state index contributed by atoms with van der Waals surface area (Å²) in [5.41, 5.74) is 2.01. The van der Waals surface area contributed by atoms with E-state index in [0.717, 1.165) is 11.1 Å². The minimum Gasteiger partial charge on any atom is -0.376 e. The third-order valence-corrected chi connectivity index (χ3v) is 5.09. The van der Waals surface area contributed by atoms with Gasteiger partial charge in [-0.2, -0.15) is 0 Å². The topological polar surface area (TPSA) is 52.6 Å². The number of aliphatic hydroxyl groups excluding tert-OH is 1. The molecule has 0 radical (unpaired) electrons. The first-order valence-electron chi connectivity index (χ1n) is 8.14. The van der Waals surface area contributed by atoms with Crippen LogP contribution in [0, 0.1) is 0 Å². The number of hydrogen-bond donors (Lipinski definition) is 2. The Kier molecular flexibility index (Phi) is 5.64. The van der Waals surface area contributed by atoms with E-state index in [2.05, 4.69) is 5.32 Å². The molecule has 3 atom stereocenters. The van der Waals surface area contributed by atoms with Crippen molar-refractivity contribution in [2.75, 3.05) is 7.05 Å². The molecule has 2 aromatic carbocycles. The van der Waals surface area contributed by atoms with Crippen LogP contribution in [-0.2, 0) is 17.6 Å². The fraction of sp³-hybridized carbons (Fsp3) is 0.316. The summed E-state index contributed by atoms with van der Waals surface area (Å²) < 4.78 is 0. The molecule has 132 valence electrons. The molecular weight excluding hydrogens is 359 g/mol. The fourth-order valence-electron chi connectivity index (χ4n) is 3.12. The van der Waals surface area contributed by atoms with Crippen molar-refractivity contribution in [2.45, 2.75) is 31.2 Å². The second kappa shape index (κ2) is 7.75. The molecule has 1 fully saturated rings. The van der Waals surface area contributed by atoms with Crippen molar-refractivity contribution < 1.29 is 9.90 Å². The maximum absolute atomic E-state index is 12.7. The average Bonchev–Trinajstić information content (AvgIpc) is 2.60. The number of aliphatic hydroxyl groups is 1. The maximum atomic E-state index is 12.7. The molecule has 1 unspecified atom stereocenters. The molecule has 3 rings (SSSR count). The van der Waals surface area contributed by atoms with E-state index in [4.69, 9.17) is 23.2 Å². The molecule has 0 spiro atoms. The number of nitrogens with zero attached hydrogens (tertiary/aromatic N) is 1. The smallest absolute Gasteiger partial charge is 0.240 e. The molecule has 0 aromatic heterocycles. The van der Waals surface area contributed by atoms with Crippen molar-refractivity contribution in [3.05, 3.63) is 69.7 Å². The van der Waals surface area contributed by atoms with E-state index in [0.29, 0.717) is 22.9 Å². The van der Waals surface area contributed by atoms with Gasteiger partial charge in [0.05, 0.1) is 12.1 Å². The number of hydrogen-bond acceptors (Lipinski definition) is 3. The highest BCUT2D eigenvalue weighted by Crippen LogP contribution is 2.20. The van der Waals surface area contributed by atoms with Crippen LogP contribution in [-0.4, -0.2) is 41.3 Å². The molecule has 1 aliphatic rings. The molecule has 1 heterocycles. The van der Waals surface area contributed by atoms with Gasteiger partial charge in [-0.1, -0.05) is 47.5 Å². The molecule has 4 nitrogen and oxygen atoms in total. The van der Waals surface area contributed by atoms with Crippen LogP contribution in [0.5, 0.6) is 0 Å². The van der Waals surface area contributed by atoms with E-state index in [1.165, 1.54) is 0 Å². The van der Waals surface area contributed by atoms with Crippen molar-refractivity contribution in [1.29, 1.82) is 0 Å². The van der Waals surface area contributed by atoms with Crippen molar-refractivity contribution in [1.82, 2.24) is 10.2 Å². The van der Waals surface area contributed by atoms with Crippen LogP contribution in [0.4, 0.5) is 0 Å². The van der Waals surface area contributed by atoms with Gasteiger partial charge in [0.1, 0.15) is 6.23 Å². The van der Waals surface area contributed by atoms with Crippen molar-refractivity contribution in [3.8, 4) is 0 Å². The third-order valence-electron chi connectivity index (χ3n) is 4.59. The van der Waals surface area contributed by atoms with Gasteiger partial charge in [-0.25, -0.2) is 0 Å². The molecule has 1 amide bonds. The second-order valence-electron chi connectivity index (χ2n) is 6.34. The van der Waals surface area contributed by atoms with Crippen molar-refractivity contribution in [2.24, 2.45) is 0 Å². The van der Waals surface area contributed by atoms with Crippen LogP contribution in [0.15, 0.2) is 48.5 Å². The van der Waals surface area contributed by atoms with Crippen LogP contribution in [0.2, 0.25) is 10.0 Å². The molecule has 1 saturated heterocycles. The predicted octanol–water partition coefficient (Wildman–Crippen LogP) is 2.90. The third kappa shape index (κ3) is 4.33. The fourth-order valence-corrected chi connectivity index (χ4v) is 3.37. The van der Waals surface area contributed by atoms with Gasteiger partial charge < -0.3 is 10.0 Å². The quantitative estimate of drug-likeness (QED) is 0.859. The molecule has 0 bridgehead atoms. The number of nitrogens with one attached hydrogen (secondary N) is 1. The van der Waals surface area contributed by atoms with Gasteiger partial charge in [0.25, 0.3) is 0 Å². The molecule has 2 N–H and O–H groups in total. The molecule has 1 aliphatic heterocycles. The summed E-state index contributed by atoms with van der Waals surface area (Å²) in [7, 11) is 1.74. The van der Waals surface area contributed by atoms with Gasteiger partial charge in [0, 0.05) is 17.1 Å². The van der Waals surface area contributed by atoms with E-state index in [-0.39, 0.29) is 11.9 Å². The molecule has 0 saturated carbocycles. The lowest BCUT2D eigenvalue weighted by Crippen LogP contribution is -2.65. The summed E-state index contributed by atoms with van der Waals surface area (Å²) in [6, 6.07) is 14.0. The Morgan fingerprint density at radius 1 is 0.960 bits per heavy atom. The predicted molar refractivity (Wildman–Crippen MR) is 99.8 cm³/mol. The normalized spacial score (nSPS) is 23.8. The molecule has 0 aliphatic carbocycles. The van der Waals surface area contributed by atoms with Crippen LogP contribution in [0.25, 0.3) is 0 Å². The summed E-state index contributed by atoms with van der Waals surface area (Å²) in [5, 5.41) is 14.9. The Bertz CT molecular complexity index is 734. The highest BCUT2D eigenvalue weighted by Gasteiger charge is 2.38. The summed E-state index contributed by atoms with van der Waals surface area (Å²) in [6.07, 6.45) is 0.266. The standard InChI is InChI=1S/C19H20Cl2N2O2/c1-23-17(11-13-4-8-15(21)9-5-13)18(24)22-16(19(23)25)10-12-2-6-14(20)7-3-12/h2-9,16-18,22,24H,10-11H2,1H3/t16-,17-,18?/m0/s1. The first-order chi connectivity index (χ1) is 11.9. The lowest BCUT2D eigenvalue weighted by Gasteiger charge is -2.41. The first kappa shape index (κ1) is 18.2. The number of amides is 1. The van der Waals surface area contributed by atoms with E-state index >= 15 is 0 Å². The number of carbonyl (C=O) groups is 1. The zero-order valence-corrected chi connectivity index (χ0v) is 15.3. The zero-order valence-electron chi connectivity index (χ0n) is 13.8. The van der Waals surface area contributed by atoms with Gasteiger partial charge >= 0.3 is 0 Å². The molecule has 6 heteroatoms. The van der Waals surface area contributed by atoms with Gasteiger partial charge in [-0.15, -0.1) is 0 Å². The van der Waals surface area contributed by atoms with Crippen LogP contribution >= 0.6 is 23.2 Å². The Morgan fingerprint density at radius 3 is 1.96 bits per heavy atom. The van der Waals surface area contributed by atoms with Crippen molar-refractivity contribution in [3.63, 3.8) is 0 Å². The summed E-state index contributed by atoms with van der Waals surface area (Å²) in [5.74, 6) is -0.0285. The monoisotopic (exact) mass is 378 g/mol. The van der Waals surface area contributed by atoms with E-state index in [9.17, 15) is 9.90 Å². The zero-order chi connectivity index (χ0) is 18.0. The summed E-state index contributed by atoms with van der Waals surface area (Å²) >= 11 is 11.8. The highest BCUT2D eigenvalue weighted by molar-refractivity contribution is 6.30.